The Labute approximate surface area is 105 Å². The van der Waals surface area contributed by atoms with E-state index < -0.39 is 36.9 Å². The topological polar surface area (TPSA) is 72.2 Å². The fourth-order valence-electron chi connectivity index (χ4n) is 1.08. The molecule has 0 fully saturated rings. The standard InChI is InChI=1S/C8H6F4N2O2S2/c9-4-1-2-5(14-7(13)17)6(3-4)18(15,16)8(10,11)12/h1-3H,(H3,13,14,17). The molecule has 0 saturated heterocycles. The summed E-state index contributed by atoms with van der Waals surface area (Å²) in [6, 6.07) is 1.81. The van der Waals surface area contributed by atoms with E-state index in [0.29, 0.717) is 0 Å². The number of sulfone groups is 1. The zero-order valence-corrected chi connectivity index (χ0v) is 10.1. The van der Waals surface area contributed by atoms with Crippen LogP contribution in [0.2, 0.25) is 0 Å². The first-order chi connectivity index (χ1) is 8.05. The maximum absolute atomic E-state index is 12.9. The minimum atomic E-state index is -5.69. The Bertz CT molecular complexity index is 583. The molecule has 0 aromatic heterocycles. The van der Waals surface area contributed by atoms with E-state index in [2.05, 4.69) is 12.2 Å². The minimum absolute atomic E-state index is 0.240. The van der Waals surface area contributed by atoms with Gasteiger partial charge in [0.05, 0.1) is 5.69 Å². The third-order valence-electron chi connectivity index (χ3n) is 1.80. The van der Waals surface area contributed by atoms with Crippen LogP contribution in [0.3, 0.4) is 0 Å². The highest BCUT2D eigenvalue weighted by Gasteiger charge is 2.48. The quantitative estimate of drug-likeness (QED) is 0.643. The zero-order chi connectivity index (χ0) is 14.1. The van der Waals surface area contributed by atoms with Crippen LogP contribution in [0.5, 0.6) is 0 Å². The van der Waals surface area contributed by atoms with Gasteiger partial charge >= 0.3 is 5.51 Å². The van der Waals surface area contributed by atoms with E-state index in [0.717, 1.165) is 12.1 Å². The van der Waals surface area contributed by atoms with Gasteiger partial charge in [0.1, 0.15) is 10.7 Å². The van der Waals surface area contributed by atoms with Crippen molar-refractivity contribution >= 4 is 32.9 Å². The third kappa shape index (κ3) is 2.88. The lowest BCUT2D eigenvalue weighted by molar-refractivity contribution is -0.0435. The molecule has 0 spiro atoms. The number of halogens is 4. The number of rotatable bonds is 2. The van der Waals surface area contributed by atoms with Crippen LogP contribution < -0.4 is 11.1 Å². The summed E-state index contributed by atoms with van der Waals surface area (Å²) in [6.07, 6.45) is 0. The molecule has 0 heterocycles. The highest BCUT2D eigenvalue weighted by Crippen LogP contribution is 2.34. The molecule has 0 atom stereocenters. The van der Waals surface area contributed by atoms with Crippen molar-refractivity contribution in [2.24, 2.45) is 5.73 Å². The molecule has 4 nitrogen and oxygen atoms in total. The Hall–Kier alpha value is -1.42. The monoisotopic (exact) mass is 302 g/mol. The van der Waals surface area contributed by atoms with Crippen molar-refractivity contribution in [2.75, 3.05) is 5.32 Å². The summed E-state index contributed by atoms with van der Waals surface area (Å²) in [5, 5.41) is 1.60. The van der Waals surface area contributed by atoms with Crippen LogP contribution in [0, 0.1) is 5.82 Å². The van der Waals surface area contributed by atoms with Gasteiger partial charge in [-0.25, -0.2) is 12.8 Å². The van der Waals surface area contributed by atoms with E-state index in [9.17, 15) is 26.0 Å². The van der Waals surface area contributed by atoms with Gasteiger partial charge in [-0.2, -0.15) is 13.2 Å². The normalized spacial score (nSPS) is 12.2. The maximum Gasteiger partial charge on any atom is 0.501 e. The van der Waals surface area contributed by atoms with Gasteiger partial charge in [-0.15, -0.1) is 0 Å². The maximum atomic E-state index is 12.9. The first-order valence-corrected chi connectivity index (χ1v) is 6.12. The third-order valence-corrected chi connectivity index (χ3v) is 3.42. The number of thiocarbonyl (C=S) groups is 1. The predicted molar refractivity (Wildman–Crippen MR) is 60.0 cm³/mol. The number of alkyl halides is 3. The highest BCUT2D eigenvalue weighted by molar-refractivity contribution is 7.92. The van der Waals surface area contributed by atoms with Crippen molar-refractivity contribution < 1.29 is 26.0 Å². The summed E-state index contributed by atoms with van der Waals surface area (Å²) in [7, 11) is -5.69. The number of nitrogens with one attached hydrogen (secondary N) is 1. The lowest BCUT2D eigenvalue weighted by Gasteiger charge is -2.13. The Morgan fingerprint density at radius 1 is 1.33 bits per heavy atom. The molecule has 10 heteroatoms. The minimum Gasteiger partial charge on any atom is -0.376 e. The molecule has 1 aromatic rings. The number of anilines is 1. The van der Waals surface area contributed by atoms with Gasteiger partial charge in [0.2, 0.25) is 0 Å². The van der Waals surface area contributed by atoms with Crippen LogP contribution >= 0.6 is 12.2 Å². The summed E-state index contributed by atoms with van der Waals surface area (Å²) < 4.78 is 72.4. The summed E-state index contributed by atoms with van der Waals surface area (Å²) in [6.45, 7) is 0. The van der Waals surface area contributed by atoms with Crippen LogP contribution in [0.25, 0.3) is 0 Å². The second kappa shape index (κ2) is 4.69. The Kier molecular flexibility index (Phi) is 3.81. The van der Waals surface area contributed by atoms with Gasteiger partial charge in [0.15, 0.2) is 5.11 Å². The van der Waals surface area contributed by atoms with E-state index in [1.165, 1.54) is 0 Å². The van der Waals surface area contributed by atoms with Gasteiger partial charge < -0.3 is 11.1 Å². The fraction of sp³-hybridized carbons (Fsp3) is 0.125. The lowest BCUT2D eigenvalue weighted by Crippen LogP contribution is -2.26. The molecule has 1 rings (SSSR count). The molecule has 1 aromatic carbocycles. The molecule has 0 aliphatic rings. The van der Waals surface area contributed by atoms with E-state index in [4.69, 9.17) is 5.73 Å². The lowest BCUT2D eigenvalue weighted by atomic mass is 10.3. The van der Waals surface area contributed by atoms with Crippen LogP contribution in [0.1, 0.15) is 0 Å². The average molecular weight is 302 g/mol. The Morgan fingerprint density at radius 3 is 2.33 bits per heavy atom. The molecule has 0 amide bonds. The Balaban J connectivity index is 3.48. The fourth-order valence-corrected chi connectivity index (χ4v) is 2.11. The molecular weight excluding hydrogens is 296 g/mol. The van der Waals surface area contributed by atoms with Gasteiger partial charge in [0, 0.05) is 0 Å². The van der Waals surface area contributed by atoms with Crippen molar-refractivity contribution in [1.29, 1.82) is 0 Å². The van der Waals surface area contributed by atoms with E-state index in [1.54, 1.807) is 0 Å². The van der Waals surface area contributed by atoms with Crippen molar-refractivity contribution in [3.63, 3.8) is 0 Å². The van der Waals surface area contributed by atoms with Crippen LogP contribution in [-0.4, -0.2) is 19.0 Å². The summed E-state index contributed by atoms with van der Waals surface area (Å²) in [4.78, 5) is -1.28. The van der Waals surface area contributed by atoms with Gasteiger partial charge in [-0.05, 0) is 30.4 Å². The molecule has 18 heavy (non-hydrogen) atoms. The van der Waals surface area contributed by atoms with Gasteiger partial charge in [-0.1, -0.05) is 0 Å². The molecular formula is C8H6F4N2O2S2. The SMILES string of the molecule is NC(=S)Nc1ccc(F)cc1S(=O)(=O)C(F)(F)F. The van der Waals surface area contributed by atoms with E-state index in [-0.39, 0.29) is 6.07 Å². The molecule has 0 aliphatic carbocycles. The number of benzene rings is 1. The molecule has 0 aliphatic heterocycles. The van der Waals surface area contributed by atoms with Gasteiger partial charge in [0.25, 0.3) is 9.84 Å². The largest absolute Gasteiger partial charge is 0.501 e. The molecule has 100 valence electrons. The predicted octanol–water partition coefficient (Wildman–Crippen LogP) is 1.77. The smallest absolute Gasteiger partial charge is 0.376 e. The van der Waals surface area contributed by atoms with Crippen LogP contribution in [-0.2, 0) is 9.84 Å². The van der Waals surface area contributed by atoms with Crippen LogP contribution in [0.4, 0.5) is 23.2 Å². The van der Waals surface area contributed by atoms with Crippen molar-refractivity contribution in [1.82, 2.24) is 0 Å². The number of nitrogens with two attached hydrogens (primary N) is 1. The van der Waals surface area contributed by atoms with Crippen molar-refractivity contribution in [2.45, 2.75) is 10.4 Å². The van der Waals surface area contributed by atoms with Crippen molar-refractivity contribution in [3.8, 4) is 0 Å². The average Bonchev–Trinajstić information content (AvgIpc) is 2.18. The van der Waals surface area contributed by atoms with Crippen molar-refractivity contribution in [3.05, 3.63) is 24.0 Å². The highest BCUT2D eigenvalue weighted by atomic mass is 32.2. The summed E-state index contributed by atoms with van der Waals surface area (Å²) in [5.74, 6) is -1.13. The van der Waals surface area contributed by atoms with Gasteiger partial charge in [-0.3, -0.25) is 0 Å². The zero-order valence-electron chi connectivity index (χ0n) is 8.45. The molecule has 0 radical (unpaired) electrons. The Morgan fingerprint density at radius 2 is 1.89 bits per heavy atom. The number of hydrogen-bond acceptors (Lipinski definition) is 3. The van der Waals surface area contributed by atoms with E-state index >= 15 is 0 Å². The molecule has 3 N–H and O–H groups in total. The summed E-state index contributed by atoms with van der Waals surface area (Å²) >= 11 is 4.38. The first kappa shape index (κ1) is 14.6. The molecule has 0 unspecified atom stereocenters. The first-order valence-electron chi connectivity index (χ1n) is 4.23. The second-order valence-corrected chi connectivity index (χ2v) is 5.43. The second-order valence-electron chi connectivity index (χ2n) is 3.08. The summed E-state index contributed by atoms with van der Waals surface area (Å²) in [5.41, 5.74) is -1.05. The number of hydrogen-bond donors (Lipinski definition) is 2. The van der Waals surface area contributed by atoms with Crippen LogP contribution in [0.15, 0.2) is 23.1 Å². The molecule has 0 bridgehead atoms. The molecule has 0 saturated carbocycles. The van der Waals surface area contributed by atoms with E-state index in [1.807, 2.05) is 5.32 Å².